The van der Waals surface area contributed by atoms with Gasteiger partial charge >= 0.3 is 0 Å². The summed E-state index contributed by atoms with van der Waals surface area (Å²) in [6, 6.07) is 18.1. The molecule has 3 rings (SSSR count). The first-order valence-corrected chi connectivity index (χ1v) is 9.39. The second-order valence-corrected chi connectivity index (χ2v) is 7.19. The molecule has 3 aromatic rings. The van der Waals surface area contributed by atoms with Gasteiger partial charge in [-0.05, 0) is 24.1 Å². The van der Waals surface area contributed by atoms with Crippen molar-refractivity contribution in [2.24, 2.45) is 0 Å². The molecule has 5 heteroatoms. The summed E-state index contributed by atoms with van der Waals surface area (Å²) in [6.07, 6.45) is 1.21. The average molecular weight is 401 g/mol. The molecule has 24 heavy (non-hydrogen) atoms. The monoisotopic (exact) mass is 400 g/mol. The lowest BCUT2D eigenvalue weighted by atomic mass is 10.1. The lowest BCUT2D eigenvalue weighted by molar-refractivity contribution is -0.121. The van der Waals surface area contributed by atoms with Crippen LogP contribution in [0.4, 0.5) is 0 Å². The second kappa shape index (κ2) is 8.22. The first-order valence-electron chi connectivity index (χ1n) is 7.72. The predicted octanol–water partition coefficient (Wildman–Crippen LogP) is 4.82. The number of nitrogens with zero attached hydrogens (tertiary/aromatic N) is 1. The third-order valence-electron chi connectivity index (χ3n) is 3.57. The zero-order valence-corrected chi connectivity index (χ0v) is 15.4. The van der Waals surface area contributed by atoms with Gasteiger partial charge in [-0.1, -0.05) is 58.4 Å². The first-order chi connectivity index (χ1) is 11.7. The fourth-order valence-electron chi connectivity index (χ4n) is 2.33. The molecule has 1 aromatic heterocycles. The van der Waals surface area contributed by atoms with E-state index < -0.39 is 0 Å². The fraction of sp³-hybridized carbons (Fsp3) is 0.158. The normalized spacial score (nSPS) is 10.5. The number of nitrogens with one attached hydrogen (secondary N) is 1. The number of amides is 1. The Morgan fingerprint density at radius 2 is 1.96 bits per heavy atom. The van der Waals surface area contributed by atoms with E-state index in [-0.39, 0.29) is 5.91 Å². The molecule has 1 heterocycles. The van der Waals surface area contributed by atoms with Gasteiger partial charge in [0, 0.05) is 21.8 Å². The summed E-state index contributed by atoms with van der Waals surface area (Å²) < 4.78 is 1.04. The van der Waals surface area contributed by atoms with Crippen molar-refractivity contribution in [1.82, 2.24) is 10.3 Å². The molecule has 0 atom stereocenters. The highest BCUT2D eigenvalue weighted by Crippen LogP contribution is 2.23. The lowest BCUT2D eigenvalue weighted by Gasteiger charge is -2.04. The van der Waals surface area contributed by atoms with Crippen LogP contribution in [0, 0.1) is 0 Å². The van der Waals surface area contributed by atoms with Gasteiger partial charge in [0.1, 0.15) is 5.01 Å². The number of carbonyl (C=O) groups is 1. The summed E-state index contributed by atoms with van der Waals surface area (Å²) in [4.78, 5) is 16.6. The minimum Gasteiger partial charge on any atom is -0.350 e. The number of hydrogen-bond donors (Lipinski definition) is 1. The van der Waals surface area contributed by atoms with Crippen LogP contribution in [0.15, 0.2) is 64.5 Å². The Kier molecular flexibility index (Phi) is 5.77. The molecule has 0 unspecified atom stereocenters. The summed E-state index contributed by atoms with van der Waals surface area (Å²) in [5, 5.41) is 5.92. The number of hydrogen-bond acceptors (Lipinski definition) is 3. The van der Waals surface area contributed by atoms with Gasteiger partial charge in [-0.25, -0.2) is 4.98 Å². The fourth-order valence-corrected chi connectivity index (χ4v) is 3.60. The van der Waals surface area contributed by atoms with E-state index >= 15 is 0 Å². The second-order valence-electron chi connectivity index (χ2n) is 5.42. The molecule has 0 fully saturated rings. The van der Waals surface area contributed by atoms with Crippen LogP contribution in [-0.4, -0.2) is 10.9 Å². The van der Waals surface area contributed by atoms with Crippen molar-refractivity contribution in [2.75, 3.05) is 0 Å². The zero-order chi connectivity index (χ0) is 16.8. The van der Waals surface area contributed by atoms with Crippen LogP contribution in [0.1, 0.15) is 17.7 Å². The number of rotatable bonds is 6. The Labute approximate surface area is 153 Å². The van der Waals surface area contributed by atoms with E-state index in [1.807, 2.05) is 60.0 Å². The van der Waals surface area contributed by atoms with E-state index in [9.17, 15) is 4.79 Å². The van der Waals surface area contributed by atoms with Crippen LogP contribution in [0.5, 0.6) is 0 Å². The third-order valence-corrected chi connectivity index (χ3v) is 5.00. The average Bonchev–Trinajstić information content (AvgIpc) is 3.08. The Bertz CT molecular complexity index is 817. The van der Waals surface area contributed by atoms with Gasteiger partial charge in [0.2, 0.25) is 5.91 Å². The third kappa shape index (κ3) is 4.76. The lowest BCUT2D eigenvalue weighted by Crippen LogP contribution is -2.23. The van der Waals surface area contributed by atoms with Crippen LogP contribution in [0.2, 0.25) is 0 Å². The molecule has 0 aliphatic rings. The molecule has 0 spiro atoms. The topological polar surface area (TPSA) is 42.0 Å². The summed E-state index contributed by atoms with van der Waals surface area (Å²) in [6.45, 7) is 0.473. The molecular formula is C19H17BrN2OS. The highest BCUT2D eigenvalue weighted by Gasteiger charge is 2.07. The van der Waals surface area contributed by atoms with Crippen molar-refractivity contribution in [3.05, 3.63) is 75.7 Å². The minimum absolute atomic E-state index is 0.0456. The van der Waals surface area contributed by atoms with E-state index in [0.29, 0.717) is 13.0 Å². The molecule has 0 saturated heterocycles. The van der Waals surface area contributed by atoms with E-state index in [4.69, 9.17) is 0 Å². The van der Waals surface area contributed by atoms with Gasteiger partial charge in [0.15, 0.2) is 0 Å². The van der Waals surface area contributed by atoms with Gasteiger partial charge in [-0.3, -0.25) is 4.79 Å². The SMILES string of the molecule is O=C(CCc1cccc(Br)c1)NCc1csc(-c2ccccc2)n1. The van der Waals surface area contributed by atoms with Crippen LogP contribution in [0.3, 0.4) is 0 Å². The van der Waals surface area contributed by atoms with Gasteiger partial charge in [-0.2, -0.15) is 0 Å². The van der Waals surface area contributed by atoms with Crippen LogP contribution < -0.4 is 5.32 Å². The molecule has 0 bridgehead atoms. The maximum absolute atomic E-state index is 12.0. The van der Waals surface area contributed by atoms with E-state index in [2.05, 4.69) is 26.2 Å². The smallest absolute Gasteiger partial charge is 0.220 e. The number of carbonyl (C=O) groups excluding carboxylic acids is 1. The minimum atomic E-state index is 0.0456. The zero-order valence-electron chi connectivity index (χ0n) is 13.0. The molecule has 122 valence electrons. The summed E-state index contributed by atoms with van der Waals surface area (Å²) in [5.74, 6) is 0.0456. The number of aryl methyl sites for hydroxylation is 1. The van der Waals surface area contributed by atoms with Gasteiger partial charge in [0.05, 0.1) is 12.2 Å². The standard InChI is InChI=1S/C19H17BrN2OS/c20-16-8-4-5-14(11-16)9-10-18(23)21-12-17-13-24-19(22-17)15-6-2-1-3-7-15/h1-8,11,13H,9-10,12H2,(H,21,23). The molecule has 1 N–H and O–H groups in total. The molecule has 0 aliphatic heterocycles. The number of thiazole rings is 1. The summed E-state index contributed by atoms with van der Waals surface area (Å²) in [7, 11) is 0. The van der Waals surface area contributed by atoms with Crippen LogP contribution >= 0.6 is 27.3 Å². The molecule has 0 saturated carbocycles. The quantitative estimate of drug-likeness (QED) is 0.644. The molecule has 2 aromatic carbocycles. The number of aromatic nitrogens is 1. The molecular weight excluding hydrogens is 384 g/mol. The van der Waals surface area contributed by atoms with Crippen molar-refractivity contribution in [3.63, 3.8) is 0 Å². The van der Waals surface area contributed by atoms with Crippen molar-refractivity contribution in [3.8, 4) is 10.6 Å². The van der Waals surface area contributed by atoms with Gasteiger partial charge < -0.3 is 5.32 Å². The van der Waals surface area contributed by atoms with Crippen molar-refractivity contribution >= 4 is 33.2 Å². The van der Waals surface area contributed by atoms with Crippen molar-refractivity contribution < 1.29 is 4.79 Å². The van der Waals surface area contributed by atoms with Crippen LogP contribution in [0.25, 0.3) is 10.6 Å². The Morgan fingerprint density at radius 3 is 2.75 bits per heavy atom. The van der Waals surface area contributed by atoms with Gasteiger partial charge in [-0.15, -0.1) is 11.3 Å². The van der Waals surface area contributed by atoms with Crippen LogP contribution in [-0.2, 0) is 17.8 Å². The first kappa shape index (κ1) is 16.9. The van der Waals surface area contributed by atoms with E-state index in [1.165, 1.54) is 0 Å². The number of benzene rings is 2. The maximum Gasteiger partial charge on any atom is 0.220 e. The Morgan fingerprint density at radius 1 is 1.12 bits per heavy atom. The largest absolute Gasteiger partial charge is 0.350 e. The summed E-state index contributed by atoms with van der Waals surface area (Å²) >= 11 is 5.04. The highest BCUT2D eigenvalue weighted by molar-refractivity contribution is 9.10. The molecule has 0 radical (unpaired) electrons. The number of halogens is 1. The Balaban J connectivity index is 1.49. The highest BCUT2D eigenvalue weighted by atomic mass is 79.9. The predicted molar refractivity (Wildman–Crippen MR) is 102 cm³/mol. The molecule has 3 nitrogen and oxygen atoms in total. The van der Waals surface area contributed by atoms with Crippen molar-refractivity contribution in [1.29, 1.82) is 0 Å². The van der Waals surface area contributed by atoms with E-state index in [1.54, 1.807) is 11.3 Å². The maximum atomic E-state index is 12.0. The van der Waals surface area contributed by atoms with Gasteiger partial charge in [0.25, 0.3) is 0 Å². The Hall–Kier alpha value is -1.98. The van der Waals surface area contributed by atoms with Crippen molar-refractivity contribution in [2.45, 2.75) is 19.4 Å². The molecule has 1 amide bonds. The molecule has 0 aliphatic carbocycles. The summed E-state index contributed by atoms with van der Waals surface area (Å²) in [5.41, 5.74) is 3.16. The van der Waals surface area contributed by atoms with E-state index in [0.717, 1.165) is 32.7 Å².